The van der Waals surface area contributed by atoms with Gasteiger partial charge in [0.25, 0.3) is 0 Å². The first kappa shape index (κ1) is 20.1. The topological polar surface area (TPSA) is 41.6 Å². The number of carbonyl (C=O) groups is 1. The summed E-state index contributed by atoms with van der Waals surface area (Å²) in [6, 6.07) is 10.4. The third-order valence-electron chi connectivity index (χ3n) is 5.18. The molecule has 5 heteroatoms. The molecule has 2 fully saturated rings. The molecule has 0 bridgehead atoms. The number of likely N-dealkylation sites (tertiary alicyclic amines) is 1. The SMILES string of the molecule is CC(CCOc1ccccc1)C(=O)N1CCC(NCC2CC2)CC1.Cl. The van der Waals surface area contributed by atoms with Gasteiger partial charge in [-0.25, -0.2) is 0 Å². The minimum atomic E-state index is 0. The number of nitrogens with one attached hydrogen (secondary N) is 1. The number of carbonyl (C=O) groups excluding carboxylic acids is 1. The molecule has 25 heavy (non-hydrogen) atoms. The quantitative estimate of drug-likeness (QED) is 0.765. The number of hydrogen-bond acceptors (Lipinski definition) is 3. The Morgan fingerprint density at radius 3 is 2.52 bits per heavy atom. The summed E-state index contributed by atoms with van der Waals surface area (Å²) in [5.41, 5.74) is 0. The number of ether oxygens (including phenoxy) is 1. The van der Waals surface area contributed by atoms with Crippen molar-refractivity contribution < 1.29 is 9.53 Å². The van der Waals surface area contributed by atoms with Crippen molar-refractivity contribution in [1.29, 1.82) is 0 Å². The van der Waals surface area contributed by atoms with Crippen molar-refractivity contribution in [3.8, 4) is 5.75 Å². The summed E-state index contributed by atoms with van der Waals surface area (Å²) in [4.78, 5) is 14.6. The molecule has 0 spiro atoms. The van der Waals surface area contributed by atoms with E-state index in [1.54, 1.807) is 0 Å². The average molecular weight is 367 g/mol. The van der Waals surface area contributed by atoms with Gasteiger partial charge in [0.2, 0.25) is 5.91 Å². The minimum absolute atomic E-state index is 0. The first-order chi connectivity index (χ1) is 11.7. The highest BCUT2D eigenvalue weighted by atomic mass is 35.5. The molecule has 140 valence electrons. The lowest BCUT2D eigenvalue weighted by molar-refractivity contribution is -0.136. The number of hydrogen-bond donors (Lipinski definition) is 1. The summed E-state index contributed by atoms with van der Waals surface area (Å²) in [6.45, 7) is 5.58. The van der Waals surface area contributed by atoms with E-state index < -0.39 is 0 Å². The van der Waals surface area contributed by atoms with Crippen LogP contribution in [0, 0.1) is 11.8 Å². The van der Waals surface area contributed by atoms with E-state index in [0.717, 1.165) is 44.0 Å². The second-order valence-electron chi connectivity index (χ2n) is 7.30. The van der Waals surface area contributed by atoms with E-state index in [0.29, 0.717) is 12.6 Å². The van der Waals surface area contributed by atoms with Crippen LogP contribution >= 0.6 is 12.4 Å². The number of halogens is 1. The molecular formula is C20H31ClN2O2. The monoisotopic (exact) mass is 366 g/mol. The maximum absolute atomic E-state index is 12.6. The van der Waals surface area contributed by atoms with Crippen molar-refractivity contribution in [1.82, 2.24) is 10.2 Å². The maximum atomic E-state index is 12.6. The van der Waals surface area contributed by atoms with Crippen molar-refractivity contribution in [2.45, 2.75) is 45.1 Å². The number of para-hydroxylation sites is 1. The van der Waals surface area contributed by atoms with Crippen LogP contribution in [0.2, 0.25) is 0 Å². The van der Waals surface area contributed by atoms with E-state index in [2.05, 4.69) is 5.32 Å². The zero-order chi connectivity index (χ0) is 16.8. The minimum Gasteiger partial charge on any atom is -0.494 e. The summed E-state index contributed by atoms with van der Waals surface area (Å²) in [6.07, 6.45) is 5.74. The van der Waals surface area contributed by atoms with Gasteiger partial charge in [0.1, 0.15) is 5.75 Å². The van der Waals surface area contributed by atoms with Crippen LogP contribution in [0.25, 0.3) is 0 Å². The van der Waals surface area contributed by atoms with Gasteiger partial charge < -0.3 is 15.0 Å². The molecule has 3 rings (SSSR count). The van der Waals surface area contributed by atoms with Crippen LogP contribution in [0.15, 0.2) is 30.3 Å². The molecule has 1 aliphatic heterocycles. The van der Waals surface area contributed by atoms with E-state index in [4.69, 9.17) is 4.74 Å². The number of piperidine rings is 1. The zero-order valence-electron chi connectivity index (χ0n) is 15.2. The third-order valence-corrected chi connectivity index (χ3v) is 5.18. The van der Waals surface area contributed by atoms with E-state index in [9.17, 15) is 4.79 Å². The van der Waals surface area contributed by atoms with Crippen LogP contribution in [0.5, 0.6) is 5.75 Å². The summed E-state index contributed by atoms with van der Waals surface area (Å²) in [7, 11) is 0. The molecular weight excluding hydrogens is 336 g/mol. The highest BCUT2D eigenvalue weighted by Crippen LogP contribution is 2.28. The van der Waals surface area contributed by atoms with Crippen LogP contribution in [0.4, 0.5) is 0 Å². The van der Waals surface area contributed by atoms with Crippen LogP contribution in [-0.2, 0) is 4.79 Å². The first-order valence-electron chi connectivity index (χ1n) is 9.42. The first-order valence-corrected chi connectivity index (χ1v) is 9.42. The Morgan fingerprint density at radius 1 is 1.20 bits per heavy atom. The van der Waals surface area contributed by atoms with E-state index >= 15 is 0 Å². The van der Waals surface area contributed by atoms with Crippen LogP contribution in [0.1, 0.15) is 39.0 Å². The van der Waals surface area contributed by atoms with Gasteiger partial charge in [0, 0.05) is 25.0 Å². The molecule has 1 saturated carbocycles. The van der Waals surface area contributed by atoms with Crippen molar-refractivity contribution in [3.63, 3.8) is 0 Å². The summed E-state index contributed by atoms with van der Waals surface area (Å²) in [5.74, 6) is 2.12. The molecule has 2 aliphatic rings. The lowest BCUT2D eigenvalue weighted by atomic mass is 10.0. The van der Waals surface area contributed by atoms with E-state index in [1.807, 2.05) is 42.2 Å². The highest BCUT2D eigenvalue weighted by molar-refractivity contribution is 5.85. The van der Waals surface area contributed by atoms with Gasteiger partial charge in [-0.1, -0.05) is 25.1 Å². The Morgan fingerprint density at radius 2 is 1.88 bits per heavy atom. The molecule has 1 saturated heterocycles. The molecule has 4 nitrogen and oxygen atoms in total. The second kappa shape index (κ2) is 10.0. The predicted molar refractivity (Wildman–Crippen MR) is 103 cm³/mol. The van der Waals surface area contributed by atoms with Crippen molar-refractivity contribution in [3.05, 3.63) is 30.3 Å². The Hall–Kier alpha value is -1.26. The van der Waals surface area contributed by atoms with Gasteiger partial charge in [0.05, 0.1) is 6.61 Å². The average Bonchev–Trinajstić information content (AvgIpc) is 3.45. The van der Waals surface area contributed by atoms with E-state index in [-0.39, 0.29) is 24.2 Å². The zero-order valence-corrected chi connectivity index (χ0v) is 16.0. The maximum Gasteiger partial charge on any atom is 0.225 e. The fraction of sp³-hybridized carbons (Fsp3) is 0.650. The molecule has 1 aliphatic carbocycles. The normalized spacial score (nSPS) is 19.2. The molecule has 1 aromatic carbocycles. The van der Waals surface area contributed by atoms with Crippen molar-refractivity contribution >= 4 is 18.3 Å². The molecule has 0 radical (unpaired) electrons. The Labute approximate surface area is 157 Å². The Balaban J connectivity index is 0.00000225. The van der Waals surface area contributed by atoms with Gasteiger partial charge in [-0.15, -0.1) is 12.4 Å². The van der Waals surface area contributed by atoms with Crippen LogP contribution in [-0.4, -0.2) is 43.1 Å². The number of rotatable bonds is 8. The van der Waals surface area contributed by atoms with E-state index in [1.165, 1.54) is 19.4 Å². The van der Waals surface area contributed by atoms with Gasteiger partial charge in [-0.2, -0.15) is 0 Å². The van der Waals surface area contributed by atoms with Crippen molar-refractivity contribution in [2.24, 2.45) is 11.8 Å². The predicted octanol–water partition coefficient (Wildman–Crippen LogP) is 3.50. The Bertz CT molecular complexity index is 514. The fourth-order valence-electron chi connectivity index (χ4n) is 3.26. The lowest BCUT2D eigenvalue weighted by Crippen LogP contribution is -2.46. The molecule has 1 unspecified atom stereocenters. The summed E-state index contributed by atoms with van der Waals surface area (Å²) < 4.78 is 5.71. The van der Waals surface area contributed by atoms with Crippen LogP contribution < -0.4 is 10.1 Å². The van der Waals surface area contributed by atoms with Gasteiger partial charge >= 0.3 is 0 Å². The number of amides is 1. The standard InChI is InChI=1S/C20H30N2O2.ClH/c1-16(11-14-24-19-5-3-2-4-6-19)20(23)22-12-9-18(10-13-22)21-15-17-7-8-17;/h2-6,16-18,21H,7-15H2,1H3;1H. The third kappa shape index (κ3) is 6.52. The highest BCUT2D eigenvalue weighted by Gasteiger charge is 2.27. The summed E-state index contributed by atoms with van der Waals surface area (Å²) in [5, 5.41) is 3.67. The fourth-order valence-corrected chi connectivity index (χ4v) is 3.26. The number of benzene rings is 1. The molecule has 1 amide bonds. The molecule has 0 aromatic heterocycles. The summed E-state index contributed by atoms with van der Waals surface area (Å²) >= 11 is 0. The largest absolute Gasteiger partial charge is 0.494 e. The molecule has 1 atom stereocenters. The number of nitrogens with zero attached hydrogens (tertiary/aromatic N) is 1. The molecule has 1 aromatic rings. The molecule has 1 N–H and O–H groups in total. The second-order valence-corrected chi connectivity index (χ2v) is 7.30. The van der Waals surface area contributed by atoms with Gasteiger partial charge in [-0.3, -0.25) is 4.79 Å². The smallest absolute Gasteiger partial charge is 0.225 e. The van der Waals surface area contributed by atoms with Gasteiger partial charge in [0.15, 0.2) is 0 Å². The Kier molecular flexibility index (Phi) is 8.04. The van der Waals surface area contributed by atoms with Gasteiger partial charge in [-0.05, 0) is 56.7 Å². The van der Waals surface area contributed by atoms with Crippen molar-refractivity contribution in [2.75, 3.05) is 26.2 Å². The molecule has 1 heterocycles. The lowest BCUT2D eigenvalue weighted by Gasteiger charge is -2.34. The van der Waals surface area contributed by atoms with Crippen LogP contribution in [0.3, 0.4) is 0 Å².